The summed E-state index contributed by atoms with van der Waals surface area (Å²) in [5.41, 5.74) is 2.64. The summed E-state index contributed by atoms with van der Waals surface area (Å²) >= 11 is 1.45. The number of rotatable bonds is 1. The van der Waals surface area contributed by atoms with E-state index in [0.29, 0.717) is 4.91 Å². The molecular formula is C17H12N2O2S. The van der Waals surface area contributed by atoms with E-state index in [2.05, 4.69) is 10.3 Å². The summed E-state index contributed by atoms with van der Waals surface area (Å²) in [5, 5.41) is 13.4. The normalized spacial score (nSPS) is 15.8. The van der Waals surface area contributed by atoms with Gasteiger partial charge in [0, 0.05) is 27.6 Å². The van der Waals surface area contributed by atoms with E-state index in [1.807, 2.05) is 42.6 Å². The number of aromatic amines is 1. The summed E-state index contributed by atoms with van der Waals surface area (Å²) in [6, 6.07) is 12.9. The zero-order chi connectivity index (χ0) is 15.1. The largest absolute Gasteiger partial charge is 0.508 e. The summed E-state index contributed by atoms with van der Waals surface area (Å²) in [7, 11) is 0. The van der Waals surface area contributed by atoms with Crippen molar-refractivity contribution in [3.05, 3.63) is 59.1 Å². The Morgan fingerprint density at radius 3 is 2.91 bits per heavy atom. The molecule has 0 unspecified atom stereocenters. The average Bonchev–Trinajstić information content (AvgIpc) is 2.90. The van der Waals surface area contributed by atoms with Crippen molar-refractivity contribution in [2.24, 2.45) is 0 Å². The highest BCUT2D eigenvalue weighted by atomic mass is 32.2. The Labute approximate surface area is 130 Å². The molecule has 108 valence electrons. The van der Waals surface area contributed by atoms with Crippen LogP contribution in [0.25, 0.3) is 17.0 Å². The Morgan fingerprint density at radius 2 is 2.00 bits per heavy atom. The summed E-state index contributed by atoms with van der Waals surface area (Å²) in [5.74, 6) is 0.0936. The third-order valence-electron chi connectivity index (χ3n) is 3.56. The first kappa shape index (κ1) is 13.0. The van der Waals surface area contributed by atoms with E-state index in [1.54, 1.807) is 12.1 Å². The number of aromatic nitrogens is 1. The fourth-order valence-electron chi connectivity index (χ4n) is 2.49. The van der Waals surface area contributed by atoms with Crippen LogP contribution in [0.15, 0.2) is 58.5 Å². The van der Waals surface area contributed by atoms with Crippen LogP contribution in [0, 0.1) is 0 Å². The molecule has 0 spiro atoms. The SMILES string of the molecule is O=C1Nc2ccccc2S/C1=C\c1c[nH]c2ccc(O)cc12. The summed E-state index contributed by atoms with van der Waals surface area (Å²) in [4.78, 5) is 17.0. The molecule has 5 heteroatoms. The first-order valence-corrected chi connectivity index (χ1v) is 7.62. The molecule has 0 fully saturated rings. The number of phenols is 1. The number of para-hydroxylation sites is 1. The fraction of sp³-hybridized carbons (Fsp3) is 0. The van der Waals surface area contributed by atoms with Crippen molar-refractivity contribution >= 4 is 40.3 Å². The molecule has 0 radical (unpaired) electrons. The highest BCUT2D eigenvalue weighted by Crippen LogP contribution is 2.39. The Kier molecular flexibility index (Phi) is 2.94. The smallest absolute Gasteiger partial charge is 0.262 e. The van der Waals surface area contributed by atoms with Crippen molar-refractivity contribution in [2.75, 3.05) is 5.32 Å². The third-order valence-corrected chi connectivity index (χ3v) is 4.66. The number of anilines is 1. The number of fused-ring (bicyclic) bond motifs is 2. The van der Waals surface area contributed by atoms with Gasteiger partial charge in [0.05, 0.1) is 10.6 Å². The predicted molar refractivity (Wildman–Crippen MR) is 88.9 cm³/mol. The lowest BCUT2D eigenvalue weighted by molar-refractivity contribution is -0.112. The van der Waals surface area contributed by atoms with Crippen molar-refractivity contribution in [1.29, 1.82) is 0 Å². The molecule has 1 amide bonds. The molecule has 0 saturated heterocycles. The van der Waals surface area contributed by atoms with E-state index >= 15 is 0 Å². The van der Waals surface area contributed by atoms with E-state index in [9.17, 15) is 9.90 Å². The number of hydrogen-bond acceptors (Lipinski definition) is 3. The van der Waals surface area contributed by atoms with E-state index in [1.165, 1.54) is 11.8 Å². The van der Waals surface area contributed by atoms with Gasteiger partial charge in [-0.05, 0) is 36.4 Å². The Hall–Kier alpha value is -2.66. The minimum Gasteiger partial charge on any atom is -0.508 e. The van der Waals surface area contributed by atoms with Crippen LogP contribution in [0.2, 0.25) is 0 Å². The average molecular weight is 308 g/mol. The van der Waals surface area contributed by atoms with Crippen LogP contribution in [0.5, 0.6) is 5.75 Å². The number of carbonyl (C=O) groups excluding carboxylic acids is 1. The molecule has 2 aromatic carbocycles. The molecule has 4 rings (SSSR count). The number of amides is 1. The van der Waals surface area contributed by atoms with E-state index in [-0.39, 0.29) is 11.7 Å². The predicted octanol–water partition coefficient (Wildman–Crippen LogP) is 3.96. The van der Waals surface area contributed by atoms with Crippen LogP contribution in [-0.4, -0.2) is 16.0 Å². The number of nitrogens with one attached hydrogen (secondary N) is 2. The van der Waals surface area contributed by atoms with Crippen molar-refractivity contribution in [3.63, 3.8) is 0 Å². The number of phenolic OH excluding ortho intramolecular Hbond substituents is 1. The summed E-state index contributed by atoms with van der Waals surface area (Å²) in [6.07, 6.45) is 3.68. The van der Waals surface area contributed by atoms with Gasteiger partial charge >= 0.3 is 0 Å². The Morgan fingerprint density at radius 1 is 1.14 bits per heavy atom. The molecule has 0 aliphatic carbocycles. The molecule has 3 N–H and O–H groups in total. The van der Waals surface area contributed by atoms with E-state index in [0.717, 1.165) is 27.0 Å². The van der Waals surface area contributed by atoms with Crippen LogP contribution < -0.4 is 5.32 Å². The molecule has 2 heterocycles. The highest BCUT2D eigenvalue weighted by Gasteiger charge is 2.20. The lowest BCUT2D eigenvalue weighted by Gasteiger charge is -2.18. The first-order chi connectivity index (χ1) is 10.7. The first-order valence-electron chi connectivity index (χ1n) is 6.81. The van der Waals surface area contributed by atoms with Crippen LogP contribution in [0.3, 0.4) is 0 Å². The number of hydrogen-bond donors (Lipinski definition) is 3. The molecule has 1 aromatic heterocycles. The number of carbonyl (C=O) groups is 1. The van der Waals surface area contributed by atoms with E-state index < -0.39 is 0 Å². The standard InChI is InChI=1S/C17H12N2O2S/c20-11-5-6-13-12(8-11)10(9-18-13)7-16-17(21)19-14-3-1-2-4-15(14)22-16/h1-9,18,20H,(H,19,21)/b16-7-. The van der Waals surface area contributed by atoms with Gasteiger partial charge in [-0.1, -0.05) is 23.9 Å². The summed E-state index contributed by atoms with van der Waals surface area (Å²) in [6.45, 7) is 0. The molecule has 22 heavy (non-hydrogen) atoms. The van der Waals surface area contributed by atoms with E-state index in [4.69, 9.17) is 0 Å². The highest BCUT2D eigenvalue weighted by molar-refractivity contribution is 8.04. The number of thioether (sulfide) groups is 1. The topological polar surface area (TPSA) is 65.1 Å². The van der Waals surface area contributed by atoms with Crippen molar-refractivity contribution in [3.8, 4) is 5.75 Å². The van der Waals surface area contributed by atoms with Gasteiger partial charge in [-0.3, -0.25) is 4.79 Å². The van der Waals surface area contributed by atoms with Gasteiger partial charge in [-0.2, -0.15) is 0 Å². The van der Waals surface area contributed by atoms with Crippen molar-refractivity contribution in [2.45, 2.75) is 4.90 Å². The quantitative estimate of drug-likeness (QED) is 0.596. The maximum Gasteiger partial charge on any atom is 0.262 e. The van der Waals surface area contributed by atoms with Gasteiger partial charge in [0.1, 0.15) is 5.75 Å². The maximum atomic E-state index is 12.2. The minimum atomic E-state index is -0.113. The van der Waals surface area contributed by atoms with Gasteiger partial charge in [0.2, 0.25) is 0 Å². The Bertz CT molecular complexity index is 927. The fourth-order valence-corrected chi connectivity index (χ4v) is 3.44. The van der Waals surface area contributed by atoms with Crippen LogP contribution >= 0.6 is 11.8 Å². The van der Waals surface area contributed by atoms with Gasteiger partial charge < -0.3 is 15.4 Å². The van der Waals surface area contributed by atoms with Gasteiger partial charge in [-0.15, -0.1) is 0 Å². The monoisotopic (exact) mass is 308 g/mol. The Balaban J connectivity index is 1.79. The second kappa shape index (κ2) is 4.96. The number of benzene rings is 2. The number of aromatic hydroxyl groups is 1. The third kappa shape index (κ3) is 2.16. The molecular weight excluding hydrogens is 296 g/mol. The zero-order valence-electron chi connectivity index (χ0n) is 11.5. The maximum absolute atomic E-state index is 12.2. The molecule has 0 atom stereocenters. The molecule has 0 saturated carbocycles. The molecule has 0 bridgehead atoms. The van der Waals surface area contributed by atoms with Gasteiger partial charge in [-0.25, -0.2) is 0 Å². The minimum absolute atomic E-state index is 0.113. The second-order valence-corrected chi connectivity index (χ2v) is 6.12. The second-order valence-electron chi connectivity index (χ2n) is 5.03. The molecule has 1 aliphatic rings. The van der Waals surface area contributed by atoms with Crippen molar-refractivity contribution < 1.29 is 9.90 Å². The lowest BCUT2D eigenvalue weighted by atomic mass is 10.1. The molecule has 3 aromatic rings. The van der Waals surface area contributed by atoms with Crippen molar-refractivity contribution in [1.82, 2.24) is 4.98 Å². The zero-order valence-corrected chi connectivity index (χ0v) is 12.3. The molecule has 4 nitrogen and oxygen atoms in total. The lowest BCUT2D eigenvalue weighted by Crippen LogP contribution is -2.16. The van der Waals surface area contributed by atoms with Gasteiger partial charge in [0.15, 0.2) is 0 Å². The van der Waals surface area contributed by atoms with Crippen LogP contribution in [-0.2, 0) is 4.79 Å². The van der Waals surface area contributed by atoms with Gasteiger partial charge in [0.25, 0.3) is 5.91 Å². The summed E-state index contributed by atoms with van der Waals surface area (Å²) < 4.78 is 0. The van der Waals surface area contributed by atoms with Crippen LogP contribution in [0.4, 0.5) is 5.69 Å². The van der Waals surface area contributed by atoms with Crippen LogP contribution in [0.1, 0.15) is 5.56 Å². The molecule has 1 aliphatic heterocycles. The number of H-pyrrole nitrogens is 1.